The van der Waals surface area contributed by atoms with E-state index in [4.69, 9.17) is 5.41 Å². The van der Waals surface area contributed by atoms with E-state index < -0.39 is 5.92 Å². The summed E-state index contributed by atoms with van der Waals surface area (Å²) < 4.78 is 25.1. The van der Waals surface area contributed by atoms with Crippen molar-refractivity contribution in [2.24, 2.45) is 5.92 Å². The van der Waals surface area contributed by atoms with Crippen LogP contribution in [-0.4, -0.2) is 12.1 Å². The SMILES string of the molecule is N=CC1CCCC(F)(F)C1. The second-order valence-electron chi connectivity index (χ2n) is 2.88. The molecule has 1 aliphatic carbocycles. The van der Waals surface area contributed by atoms with E-state index in [2.05, 4.69) is 0 Å². The molecule has 0 heterocycles. The normalized spacial score (nSPS) is 31.6. The number of rotatable bonds is 1. The second-order valence-corrected chi connectivity index (χ2v) is 2.88. The monoisotopic (exact) mass is 147 g/mol. The molecule has 3 heteroatoms. The van der Waals surface area contributed by atoms with Gasteiger partial charge in [0.05, 0.1) is 0 Å². The van der Waals surface area contributed by atoms with Crippen molar-refractivity contribution in [3.63, 3.8) is 0 Å². The fourth-order valence-corrected chi connectivity index (χ4v) is 1.35. The van der Waals surface area contributed by atoms with E-state index >= 15 is 0 Å². The van der Waals surface area contributed by atoms with Gasteiger partial charge in [-0.3, -0.25) is 0 Å². The number of hydrogen-bond donors (Lipinski definition) is 1. The van der Waals surface area contributed by atoms with Crippen molar-refractivity contribution in [1.82, 2.24) is 0 Å². The molecule has 0 spiro atoms. The first-order valence-corrected chi connectivity index (χ1v) is 3.52. The summed E-state index contributed by atoms with van der Waals surface area (Å²) in [6, 6.07) is 0. The minimum atomic E-state index is -2.50. The first-order valence-electron chi connectivity index (χ1n) is 3.52. The maximum absolute atomic E-state index is 12.5. The van der Waals surface area contributed by atoms with Crippen LogP contribution in [0.5, 0.6) is 0 Å². The molecule has 1 rings (SSSR count). The highest BCUT2D eigenvalue weighted by atomic mass is 19.3. The van der Waals surface area contributed by atoms with Crippen LogP contribution in [-0.2, 0) is 0 Å². The first-order chi connectivity index (χ1) is 4.64. The van der Waals surface area contributed by atoms with E-state index in [1.165, 1.54) is 0 Å². The van der Waals surface area contributed by atoms with Gasteiger partial charge in [0, 0.05) is 12.8 Å². The van der Waals surface area contributed by atoms with Crippen LogP contribution in [0.15, 0.2) is 0 Å². The maximum Gasteiger partial charge on any atom is 0.248 e. The average Bonchev–Trinajstić information content (AvgIpc) is 1.86. The zero-order valence-electron chi connectivity index (χ0n) is 5.74. The molecule has 10 heavy (non-hydrogen) atoms. The predicted octanol–water partition coefficient (Wildman–Crippen LogP) is 2.46. The fraction of sp³-hybridized carbons (Fsp3) is 0.857. The van der Waals surface area contributed by atoms with Gasteiger partial charge in [0.1, 0.15) is 0 Å². The molecule has 0 radical (unpaired) electrons. The lowest BCUT2D eigenvalue weighted by atomic mass is 9.87. The van der Waals surface area contributed by atoms with Gasteiger partial charge in [0.15, 0.2) is 0 Å². The van der Waals surface area contributed by atoms with Crippen molar-refractivity contribution in [2.45, 2.75) is 31.6 Å². The van der Waals surface area contributed by atoms with E-state index in [9.17, 15) is 8.78 Å². The van der Waals surface area contributed by atoms with E-state index in [0.29, 0.717) is 6.42 Å². The Balaban J connectivity index is 2.47. The summed E-state index contributed by atoms with van der Waals surface area (Å²) in [4.78, 5) is 0. The highest BCUT2D eigenvalue weighted by Crippen LogP contribution is 2.35. The van der Waals surface area contributed by atoms with Crippen LogP contribution >= 0.6 is 0 Å². The van der Waals surface area contributed by atoms with E-state index in [0.717, 1.165) is 12.6 Å². The predicted molar refractivity (Wildman–Crippen MR) is 35.7 cm³/mol. The summed E-state index contributed by atoms with van der Waals surface area (Å²) >= 11 is 0. The van der Waals surface area contributed by atoms with Crippen LogP contribution < -0.4 is 0 Å². The Labute approximate surface area is 58.9 Å². The zero-order chi connectivity index (χ0) is 7.61. The van der Waals surface area contributed by atoms with Gasteiger partial charge in [-0.1, -0.05) is 0 Å². The number of nitrogens with one attached hydrogen (secondary N) is 1. The Morgan fingerprint density at radius 1 is 1.50 bits per heavy atom. The summed E-state index contributed by atoms with van der Waals surface area (Å²) in [6.45, 7) is 0. The molecule has 58 valence electrons. The summed E-state index contributed by atoms with van der Waals surface area (Å²) in [5.41, 5.74) is 0. The van der Waals surface area contributed by atoms with E-state index in [1.54, 1.807) is 0 Å². The summed E-state index contributed by atoms with van der Waals surface area (Å²) in [5.74, 6) is -2.68. The molecule has 1 N–H and O–H groups in total. The molecular formula is C7H11F2N. The molecule has 1 unspecified atom stereocenters. The molecule has 0 aromatic rings. The van der Waals surface area contributed by atoms with Crippen LogP contribution in [0.4, 0.5) is 8.78 Å². The maximum atomic E-state index is 12.5. The van der Waals surface area contributed by atoms with Crippen molar-refractivity contribution in [3.8, 4) is 0 Å². The summed E-state index contributed by atoms with van der Waals surface area (Å²) in [6.07, 6.45) is 2.37. The molecule has 1 aliphatic rings. The summed E-state index contributed by atoms with van der Waals surface area (Å²) in [5, 5.41) is 6.82. The molecular weight excluding hydrogens is 136 g/mol. The third-order valence-corrected chi connectivity index (χ3v) is 1.91. The van der Waals surface area contributed by atoms with Crippen LogP contribution in [0.25, 0.3) is 0 Å². The van der Waals surface area contributed by atoms with Gasteiger partial charge >= 0.3 is 0 Å². The quantitative estimate of drug-likeness (QED) is 0.551. The minimum Gasteiger partial charge on any atom is -0.313 e. The lowest BCUT2D eigenvalue weighted by molar-refractivity contribution is -0.0421. The molecule has 0 aliphatic heterocycles. The average molecular weight is 147 g/mol. The van der Waals surface area contributed by atoms with Gasteiger partial charge in [-0.15, -0.1) is 0 Å². The van der Waals surface area contributed by atoms with Crippen LogP contribution in [0.2, 0.25) is 0 Å². The Kier molecular flexibility index (Phi) is 2.02. The Bertz CT molecular complexity index is 134. The van der Waals surface area contributed by atoms with Gasteiger partial charge in [0.2, 0.25) is 5.92 Å². The third-order valence-electron chi connectivity index (χ3n) is 1.91. The Hall–Kier alpha value is -0.470. The molecule has 1 nitrogen and oxygen atoms in total. The Morgan fingerprint density at radius 3 is 2.60 bits per heavy atom. The van der Waals surface area contributed by atoms with E-state index in [-0.39, 0.29) is 18.8 Å². The van der Waals surface area contributed by atoms with Crippen LogP contribution in [0.1, 0.15) is 25.7 Å². The third kappa shape index (κ3) is 1.75. The largest absolute Gasteiger partial charge is 0.313 e. The lowest BCUT2D eigenvalue weighted by Crippen LogP contribution is -2.26. The fourth-order valence-electron chi connectivity index (χ4n) is 1.35. The standard InChI is InChI=1S/C7H11F2N/c8-7(9)3-1-2-6(4-7)5-10/h5-6,10H,1-4H2. The van der Waals surface area contributed by atoms with Crippen molar-refractivity contribution >= 4 is 6.21 Å². The highest BCUT2D eigenvalue weighted by molar-refractivity contribution is 5.57. The second kappa shape index (κ2) is 2.64. The number of alkyl halides is 2. The molecule has 0 amide bonds. The smallest absolute Gasteiger partial charge is 0.248 e. The van der Waals surface area contributed by atoms with Crippen molar-refractivity contribution in [1.29, 1.82) is 5.41 Å². The van der Waals surface area contributed by atoms with Crippen molar-refractivity contribution < 1.29 is 8.78 Å². The van der Waals surface area contributed by atoms with Crippen molar-refractivity contribution in [3.05, 3.63) is 0 Å². The van der Waals surface area contributed by atoms with Gasteiger partial charge in [0.25, 0.3) is 0 Å². The minimum absolute atomic E-state index is 0.0112. The first kappa shape index (κ1) is 7.63. The highest BCUT2D eigenvalue weighted by Gasteiger charge is 2.35. The van der Waals surface area contributed by atoms with Gasteiger partial charge in [-0.25, -0.2) is 8.78 Å². The molecule has 0 aromatic heterocycles. The van der Waals surface area contributed by atoms with Crippen LogP contribution in [0, 0.1) is 11.3 Å². The van der Waals surface area contributed by atoms with Gasteiger partial charge < -0.3 is 5.41 Å². The summed E-state index contributed by atoms with van der Waals surface area (Å²) in [7, 11) is 0. The molecule has 1 saturated carbocycles. The zero-order valence-corrected chi connectivity index (χ0v) is 5.74. The topological polar surface area (TPSA) is 23.9 Å². The number of halogens is 2. The molecule has 1 atom stereocenters. The van der Waals surface area contributed by atoms with Crippen LogP contribution in [0.3, 0.4) is 0 Å². The molecule has 0 bridgehead atoms. The number of hydrogen-bond acceptors (Lipinski definition) is 1. The molecule has 1 fully saturated rings. The van der Waals surface area contributed by atoms with Crippen molar-refractivity contribution in [2.75, 3.05) is 0 Å². The molecule has 0 saturated heterocycles. The Morgan fingerprint density at radius 2 is 2.20 bits per heavy atom. The van der Waals surface area contributed by atoms with Gasteiger partial charge in [-0.05, 0) is 25.0 Å². The van der Waals surface area contributed by atoms with E-state index in [1.807, 2.05) is 0 Å². The van der Waals surface area contributed by atoms with Gasteiger partial charge in [-0.2, -0.15) is 0 Å². The lowest BCUT2D eigenvalue weighted by Gasteiger charge is -2.25. The molecule has 0 aromatic carbocycles.